The van der Waals surface area contributed by atoms with Gasteiger partial charge >= 0.3 is 0 Å². The predicted molar refractivity (Wildman–Crippen MR) is 125 cm³/mol. The van der Waals surface area contributed by atoms with Gasteiger partial charge in [-0.15, -0.1) is 0 Å². The van der Waals surface area contributed by atoms with Gasteiger partial charge in [-0.3, -0.25) is 0 Å². The molecule has 2 aliphatic rings. The average Bonchev–Trinajstić information content (AvgIpc) is 3.13. The first-order chi connectivity index (χ1) is 15.0. The van der Waals surface area contributed by atoms with Gasteiger partial charge in [0.1, 0.15) is 10.9 Å². The summed E-state index contributed by atoms with van der Waals surface area (Å²) in [5, 5.41) is 5.93. The largest absolute Gasteiger partial charge is 0.497 e. The number of hydrogen-bond donors (Lipinski definition) is 0. The second kappa shape index (κ2) is 7.75. The second-order valence-corrected chi connectivity index (χ2v) is 8.36. The lowest BCUT2D eigenvalue weighted by molar-refractivity contribution is 0.409. The molecule has 3 heterocycles. The van der Waals surface area contributed by atoms with Gasteiger partial charge in [-0.2, -0.15) is 5.10 Å². The van der Waals surface area contributed by atoms with E-state index in [1.165, 1.54) is 0 Å². The third kappa shape index (κ3) is 3.24. The monoisotopic (exact) mass is 470 g/mol. The number of halogens is 3. The second-order valence-electron chi connectivity index (χ2n) is 7.19. The summed E-state index contributed by atoms with van der Waals surface area (Å²) in [7, 11) is 1.64. The number of fused-ring (bicyclic) bond motifs is 2. The zero-order valence-corrected chi connectivity index (χ0v) is 18.9. The summed E-state index contributed by atoms with van der Waals surface area (Å²) in [5.41, 5.74) is 3.62. The molecular formula is C23H17Cl3N4O. The lowest BCUT2D eigenvalue weighted by Gasteiger charge is -2.39. The Balaban J connectivity index is 1.81. The van der Waals surface area contributed by atoms with Gasteiger partial charge in [-0.05, 0) is 42.8 Å². The van der Waals surface area contributed by atoms with Gasteiger partial charge in [0.05, 0.1) is 34.6 Å². The lowest BCUT2D eigenvalue weighted by Crippen LogP contribution is -2.38. The van der Waals surface area contributed by atoms with Crippen molar-refractivity contribution in [2.45, 2.75) is 13.0 Å². The fraction of sp³-hybridized carbons (Fsp3) is 0.130. The number of amidine groups is 1. The Bertz CT molecular complexity index is 1280. The Hall–Kier alpha value is -2.73. The fourth-order valence-electron chi connectivity index (χ4n) is 3.96. The van der Waals surface area contributed by atoms with Crippen molar-refractivity contribution in [1.82, 2.24) is 14.7 Å². The smallest absolute Gasteiger partial charge is 0.164 e. The van der Waals surface area contributed by atoms with Crippen LogP contribution < -0.4 is 4.74 Å². The molecule has 0 unspecified atom stereocenters. The van der Waals surface area contributed by atoms with Crippen LogP contribution in [0.4, 0.5) is 5.82 Å². The van der Waals surface area contributed by atoms with E-state index in [9.17, 15) is 0 Å². The van der Waals surface area contributed by atoms with E-state index in [-0.39, 0.29) is 6.04 Å². The first-order valence-electron chi connectivity index (χ1n) is 9.59. The van der Waals surface area contributed by atoms with E-state index in [0.29, 0.717) is 26.9 Å². The Morgan fingerprint density at radius 1 is 1.00 bits per heavy atom. The molecule has 0 aliphatic carbocycles. The molecule has 2 aromatic carbocycles. The molecule has 1 atom stereocenters. The fourth-order valence-corrected chi connectivity index (χ4v) is 4.69. The van der Waals surface area contributed by atoms with Crippen molar-refractivity contribution in [3.8, 4) is 11.4 Å². The van der Waals surface area contributed by atoms with Crippen LogP contribution in [0.1, 0.15) is 22.9 Å². The molecule has 5 nitrogen and oxygen atoms in total. The molecule has 31 heavy (non-hydrogen) atoms. The lowest BCUT2D eigenvalue weighted by atomic mass is 9.94. The van der Waals surface area contributed by atoms with Crippen LogP contribution in [0.2, 0.25) is 0 Å². The zero-order chi connectivity index (χ0) is 21.7. The molecule has 0 saturated carbocycles. The molecule has 0 amide bonds. The molecular weight excluding hydrogens is 455 g/mol. The van der Waals surface area contributed by atoms with Gasteiger partial charge in [0, 0.05) is 5.56 Å². The SMILES string of the molecule is COc1cccc([C@@H]2c3c(C)nn(-c4ccccc4)c3N=C3C(Cl)=CC(Cl)=C(Cl)N32)c1. The van der Waals surface area contributed by atoms with Gasteiger partial charge in [0.2, 0.25) is 0 Å². The van der Waals surface area contributed by atoms with E-state index in [2.05, 4.69) is 0 Å². The highest BCUT2D eigenvalue weighted by Crippen LogP contribution is 2.48. The Kier molecular flexibility index (Phi) is 5.05. The van der Waals surface area contributed by atoms with Crippen LogP contribution in [0, 0.1) is 6.92 Å². The molecule has 0 spiro atoms. The minimum Gasteiger partial charge on any atom is -0.497 e. The van der Waals surface area contributed by atoms with E-state index in [1.807, 2.05) is 71.1 Å². The minimum atomic E-state index is -0.334. The molecule has 0 fully saturated rings. The average molecular weight is 472 g/mol. The molecule has 5 rings (SSSR count). The number of aryl methyl sites for hydroxylation is 1. The number of nitrogens with zero attached hydrogens (tertiary/aromatic N) is 4. The highest BCUT2D eigenvalue weighted by Gasteiger charge is 2.40. The van der Waals surface area contributed by atoms with Gasteiger partial charge in [-0.25, -0.2) is 9.67 Å². The van der Waals surface area contributed by atoms with Gasteiger partial charge in [0.25, 0.3) is 0 Å². The number of methoxy groups -OCH3 is 1. The Morgan fingerprint density at radius 3 is 2.52 bits per heavy atom. The van der Waals surface area contributed by atoms with Crippen LogP contribution in [0.3, 0.4) is 0 Å². The highest BCUT2D eigenvalue weighted by atomic mass is 35.5. The predicted octanol–water partition coefficient (Wildman–Crippen LogP) is 6.41. The molecule has 2 aliphatic heterocycles. The van der Waals surface area contributed by atoms with Crippen LogP contribution in [-0.4, -0.2) is 27.6 Å². The van der Waals surface area contributed by atoms with E-state index >= 15 is 0 Å². The molecule has 1 aromatic heterocycles. The highest BCUT2D eigenvalue weighted by molar-refractivity contribution is 6.49. The van der Waals surface area contributed by atoms with E-state index in [0.717, 1.165) is 28.3 Å². The van der Waals surface area contributed by atoms with Crippen molar-refractivity contribution in [2.24, 2.45) is 4.99 Å². The normalized spacial score (nSPS) is 17.7. The van der Waals surface area contributed by atoms with Crippen molar-refractivity contribution in [1.29, 1.82) is 0 Å². The van der Waals surface area contributed by atoms with Crippen LogP contribution in [0.5, 0.6) is 5.75 Å². The van der Waals surface area contributed by atoms with Crippen molar-refractivity contribution in [3.05, 3.63) is 92.7 Å². The third-order valence-electron chi connectivity index (χ3n) is 5.34. The molecule has 8 heteroatoms. The summed E-state index contributed by atoms with van der Waals surface area (Å²) in [6.45, 7) is 1.96. The zero-order valence-electron chi connectivity index (χ0n) is 16.7. The molecule has 0 radical (unpaired) electrons. The van der Waals surface area contributed by atoms with Crippen molar-refractivity contribution >= 4 is 46.5 Å². The molecule has 156 valence electrons. The maximum absolute atomic E-state index is 6.70. The number of hydrogen-bond acceptors (Lipinski definition) is 4. The van der Waals surface area contributed by atoms with E-state index < -0.39 is 0 Å². The summed E-state index contributed by atoms with van der Waals surface area (Å²) in [5.74, 6) is 1.96. The van der Waals surface area contributed by atoms with Crippen LogP contribution >= 0.6 is 34.8 Å². The number of aromatic nitrogens is 2. The van der Waals surface area contributed by atoms with Crippen molar-refractivity contribution in [2.75, 3.05) is 7.11 Å². The number of rotatable bonds is 3. The number of benzene rings is 2. The molecule has 0 bridgehead atoms. The van der Waals surface area contributed by atoms with Gasteiger partial charge in [0.15, 0.2) is 11.7 Å². The standard InChI is InChI=1S/C23H17Cl3N4O/c1-13-19-20(14-7-6-10-16(11-14)31-2)29-21(26)17(24)12-18(25)22(29)27-23(19)30(28-13)15-8-4-3-5-9-15/h3-12,20H,1-2H3/t20-/m1/s1. The first-order valence-corrected chi connectivity index (χ1v) is 10.7. The summed E-state index contributed by atoms with van der Waals surface area (Å²) < 4.78 is 7.30. The quantitative estimate of drug-likeness (QED) is 0.415. The number of ether oxygens (including phenoxy) is 1. The van der Waals surface area contributed by atoms with Crippen LogP contribution in [0.15, 0.2) is 80.9 Å². The van der Waals surface area contributed by atoms with E-state index in [1.54, 1.807) is 13.2 Å². The molecule has 0 N–H and O–H groups in total. The summed E-state index contributed by atoms with van der Waals surface area (Å²) >= 11 is 19.7. The number of aliphatic imine (C=N–C) groups is 1. The summed E-state index contributed by atoms with van der Waals surface area (Å²) in [6, 6.07) is 17.4. The van der Waals surface area contributed by atoms with E-state index in [4.69, 9.17) is 49.6 Å². The maximum atomic E-state index is 6.70. The topological polar surface area (TPSA) is 42.6 Å². The van der Waals surface area contributed by atoms with Crippen LogP contribution in [0.25, 0.3) is 5.69 Å². The Labute approximate surface area is 194 Å². The number of para-hydroxylation sites is 1. The minimum absolute atomic E-state index is 0.334. The Morgan fingerprint density at radius 2 is 1.77 bits per heavy atom. The molecule has 0 saturated heterocycles. The molecule has 3 aromatic rings. The first kappa shape index (κ1) is 20.2. The van der Waals surface area contributed by atoms with Crippen LogP contribution in [-0.2, 0) is 0 Å². The van der Waals surface area contributed by atoms with Crippen molar-refractivity contribution in [3.63, 3.8) is 0 Å². The third-order valence-corrected chi connectivity index (χ3v) is 6.39. The summed E-state index contributed by atoms with van der Waals surface area (Å²) in [4.78, 5) is 6.74. The van der Waals surface area contributed by atoms with Gasteiger partial charge < -0.3 is 9.64 Å². The number of allylic oxidation sites excluding steroid dienone is 2. The van der Waals surface area contributed by atoms with Gasteiger partial charge in [-0.1, -0.05) is 65.1 Å². The van der Waals surface area contributed by atoms with Crippen molar-refractivity contribution < 1.29 is 4.74 Å². The maximum Gasteiger partial charge on any atom is 0.164 e. The summed E-state index contributed by atoms with van der Waals surface area (Å²) in [6.07, 6.45) is 1.62.